The first kappa shape index (κ1) is 19.6. The van der Waals surface area contributed by atoms with Crippen LogP contribution in [0.5, 0.6) is 0 Å². The number of aliphatic hydroxyl groups is 1. The molecule has 0 aromatic heterocycles. The molecule has 4 aromatic carbocycles. The number of anilines is 1. The van der Waals surface area contributed by atoms with E-state index in [2.05, 4.69) is 17.4 Å². The summed E-state index contributed by atoms with van der Waals surface area (Å²) >= 11 is 0. The molecule has 0 aliphatic heterocycles. The zero-order chi connectivity index (χ0) is 20.8. The summed E-state index contributed by atoms with van der Waals surface area (Å²) in [6.45, 7) is 0. The molecule has 0 unspecified atom stereocenters. The molecule has 1 amide bonds. The van der Waals surface area contributed by atoms with Crippen molar-refractivity contribution in [2.24, 2.45) is 0 Å². The molecule has 148 valence electrons. The number of rotatable bonds is 6. The van der Waals surface area contributed by atoms with Crippen LogP contribution in [0.2, 0.25) is 0 Å². The molecule has 30 heavy (non-hydrogen) atoms. The first-order chi connectivity index (χ1) is 14.6. The summed E-state index contributed by atoms with van der Waals surface area (Å²) < 4.78 is 0. The van der Waals surface area contributed by atoms with Gasteiger partial charge in [0, 0.05) is 12.1 Å². The maximum atomic E-state index is 13.2. The second-order valence-electron chi connectivity index (χ2n) is 7.29. The highest BCUT2D eigenvalue weighted by atomic mass is 16.3. The Balaban J connectivity index is 1.62. The number of hydrogen-bond donors (Lipinski definition) is 2. The molecule has 3 nitrogen and oxygen atoms in total. The fourth-order valence-electron chi connectivity index (χ4n) is 3.52. The predicted molar refractivity (Wildman–Crippen MR) is 121 cm³/mol. The molecule has 0 fully saturated rings. The third-order valence-corrected chi connectivity index (χ3v) is 5.18. The summed E-state index contributed by atoms with van der Waals surface area (Å²) in [4.78, 5) is 13.2. The van der Waals surface area contributed by atoms with E-state index < -0.39 is 11.5 Å². The van der Waals surface area contributed by atoms with Crippen LogP contribution in [0.4, 0.5) is 5.69 Å². The Kier molecular flexibility index (Phi) is 5.73. The molecule has 0 heterocycles. The van der Waals surface area contributed by atoms with Crippen LogP contribution in [-0.4, -0.2) is 11.0 Å². The molecule has 0 aliphatic carbocycles. The number of benzene rings is 4. The van der Waals surface area contributed by atoms with Gasteiger partial charge in [-0.05, 0) is 34.4 Å². The van der Waals surface area contributed by atoms with Crippen molar-refractivity contribution >= 4 is 11.6 Å². The largest absolute Gasteiger partial charge is 0.375 e. The standard InChI is InChI=1S/C27H23NO2/c29-26(28-25-14-8-3-9-15-25)27(30,24-12-6-2-7-13-24)20-21-16-18-23(19-17-21)22-10-4-1-5-11-22/h1-19,30H,20H2,(H,28,29)/t27-/m0/s1. The number of carbonyl (C=O) groups is 1. The zero-order valence-electron chi connectivity index (χ0n) is 16.5. The van der Waals surface area contributed by atoms with Crippen LogP contribution in [0.25, 0.3) is 11.1 Å². The van der Waals surface area contributed by atoms with Crippen LogP contribution >= 0.6 is 0 Å². The Labute approximate surface area is 176 Å². The normalized spacial score (nSPS) is 12.7. The van der Waals surface area contributed by atoms with Gasteiger partial charge >= 0.3 is 0 Å². The van der Waals surface area contributed by atoms with Crippen LogP contribution in [-0.2, 0) is 16.8 Å². The smallest absolute Gasteiger partial charge is 0.261 e. The van der Waals surface area contributed by atoms with Gasteiger partial charge in [0.25, 0.3) is 5.91 Å². The first-order valence-electron chi connectivity index (χ1n) is 9.94. The van der Waals surface area contributed by atoms with Gasteiger partial charge in [-0.25, -0.2) is 0 Å². The van der Waals surface area contributed by atoms with Crippen LogP contribution in [0.3, 0.4) is 0 Å². The van der Waals surface area contributed by atoms with Gasteiger partial charge < -0.3 is 10.4 Å². The molecule has 0 saturated carbocycles. The second kappa shape index (κ2) is 8.76. The molecule has 0 saturated heterocycles. The van der Waals surface area contributed by atoms with Gasteiger partial charge in [0.05, 0.1) is 0 Å². The third kappa shape index (κ3) is 4.32. The van der Waals surface area contributed by atoms with E-state index in [1.807, 2.05) is 78.9 Å². The molecule has 0 spiro atoms. The SMILES string of the molecule is O=C(Nc1ccccc1)[C@](O)(Cc1ccc(-c2ccccc2)cc1)c1ccccc1. The fourth-order valence-corrected chi connectivity index (χ4v) is 3.52. The summed E-state index contributed by atoms with van der Waals surface area (Å²) in [5.41, 5.74) is 2.62. The monoisotopic (exact) mass is 393 g/mol. The van der Waals surface area contributed by atoms with Gasteiger partial charge in [0.15, 0.2) is 5.60 Å². The van der Waals surface area contributed by atoms with Gasteiger partial charge in [0.1, 0.15) is 0 Å². The lowest BCUT2D eigenvalue weighted by Gasteiger charge is -2.28. The van der Waals surface area contributed by atoms with E-state index in [-0.39, 0.29) is 6.42 Å². The second-order valence-corrected chi connectivity index (χ2v) is 7.29. The maximum absolute atomic E-state index is 13.2. The Bertz CT molecular complexity index is 1090. The van der Waals surface area contributed by atoms with Crippen molar-refractivity contribution in [2.75, 3.05) is 5.32 Å². The summed E-state index contributed by atoms with van der Waals surface area (Å²) in [6, 6.07) is 36.4. The van der Waals surface area contributed by atoms with E-state index in [1.54, 1.807) is 24.3 Å². The van der Waals surface area contributed by atoms with Crippen LogP contribution in [0.15, 0.2) is 115 Å². The number of carbonyl (C=O) groups excluding carboxylic acids is 1. The Hall–Kier alpha value is -3.69. The molecule has 0 bridgehead atoms. The van der Waals surface area contributed by atoms with Crippen LogP contribution in [0.1, 0.15) is 11.1 Å². The van der Waals surface area contributed by atoms with E-state index in [0.29, 0.717) is 11.3 Å². The van der Waals surface area contributed by atoms with Gasteiger partial charge in [-0.2, -0.15) is 0 Å². The van der Waals surface area contributed by atoms with Gasteiger partial charge in [0.2, 0.25) is 0 Å². The van der Waals surface area contributed by atoms with Gasteiger partial charge in [-0.15, -0.1) is 0 Å². The average Bonchev–Trinajstić information content (AvgIpc) is 2.81. The molecule has 1 atom stereocenters. The van der Waals surface area contributed by atoms with Crippen molar-refractivity contribution in [3.8, 4) is 11.1 Å². The Morgan fingerprint density at radius 3 is 1.77 bits per heavy atom. The highest BCUT2D eigenvalue weighted by molar-refractivity contribution is 5.98. The summed E-state index contributed by atoms with van der Waals surface area (Å²) in [6.07, 6.45) is 0.171. The number of nitrogens with one attached hydrogen (secondary N) is 1. The summed E-state index contributed by atoms with van der Waals surface area (Å²) in [5, 5.41) is 14.4. The molecule has 4 rings (SSSR count). The van der Waals surface area contributed by atoms with Crippen LogP contribution < -0.4 is 5.32 Å². The van der Waals surface area contributed by atoms with E-state index in [4.69, 9.17) is 0 Å². The Morgan fingerprint density at radius 2 is 1.17 bits per heavy atom. The summed E-state index contributed by atoms with van der Waals surface area (Å²) in [5.74, 6) is -0.452. The van der Waals surface area contributed by atoms with E-state index >= 15 is 0 Å². The minimum absolute atomic E-state index is 0.171. The van der Waals surface area contributed by atoms with Crippen molar-refractivity contribution in [3.05, 3.63) is 126 Å². The lowest BCUT2D eigenvalue weighted by molar-refractivity contribution is -0.135. The fraction of sp³-hybridized carbons (Fsp3) is 0.0741. The quantitative estimate of drug-likeness (QED) is 0.459. The lowest BCUT2D eigenvalue weighted by atomic mass is 9.86. The average molecular weight is 393 g/mol. The predicted octanol–water partition coefficient (Wildman–Crippen LogP) is 5.42. The molecule has 0 radical (unpaired) electrons. The van der Waals surface area contributed by atoms with Crippen molar-refractivity contribution in [1.82, 2.24) is 0 Å². The minimum Gasteiger partial charge on any atom is -0.375 e. The van der Waals surface area contributed by atoms with E-state index in [1.165, 1.54) is 0 Å². The molecular weight excluding hydrogens is 370 g/mol. The zero-order valence-corrected chi connectivity index (χ0v) is 16.5. The number of amides is 1. The topological polar surface area (TPSA) is 49.3 Å². The maximum Gasteiger partial charge on any atom is 0.261 e. The summed E-state index contributed by atoms with van der Waals surface area (Å²) in [7, 11) is 0. The van der Waals surface area contributed by atoms with E-state index in [0.717, 1.165) is 16.7 Å². The minimum atomic E-state index is -1.69. The van der Waals surface area contributed by atoms with E-state index in [9.17, 15) is 9.90 Å². The van der Waals surface area contributed by atoms with Crippen molar-refractivity contribution < 1.29 is 9.90 Å². The van der Waals surface area contributed by atoms with Gasteiger partial charge in [-0.3, -0.25) is 4.79 Å². The molecular formula is C27H23NO2. The molecule has 3 heteroatoms. The molecule has 2 N–H and O–H groups in total. The van der Waals surface area contributed by atoms with Gasteiger partial charge in [-0.1, -0.05) is 103 Å². The molecule has 0 aliphatic rings. The van der Waals surface area contributed by atoms with Crippen molar-refractivity contribution in [1.29, 1.82) is 0 Å². The van der Waals surface area contributed by atoms with Crippen molar-refractivity contribution in [3.63, 3.8) is 0 Å². The highest BCUT2D eigenvalue weighted by Gasteiger charge is 2.38. The number of para-hydroxylation sites is 1. The Morgan fingerprint density at radius 1 is 0.667 bits per heavy atom. The lowest BCUT2D eigenvalue weighted by Crippen LogP contribution is -2.42. The van der Waals surface area contributed by atoms with Crippen molar-refractivity contribution in [2.45, 2.75) is 12.0 Å². The third-order valence-electron chi connectivity index (χ3n) is 5.18. The number of hydrogen-bond acceptors (Lipinski definition) is 2. The van der Waals surface area contributed by atoms with Crippen LogP contribution in [0, 0.1) is 0 Å². The first-order valence-corrected chi connectivity index (χ1v) is 9.94. The highest BCUT2D eigenvalue weighted by Crippen LogP contribution is 2.29. The molecule has 4 aromatic rings.